The van der Waals surface area contributed by atoms with Crippen molar-refractivity contribution in [2.24, 2.45) is 5.92 Å². The molecular formula is C15H20FNO. The van der Waals surface area contributed by atoms with Gasteiger partial charge in [-0.25, -0.2) is 4.39 Å². The first-order valence-corrected chi connectivity index (χ1v) is 6.96. The van der Waals surface area contributed by atoms with E-state index in [1.54, 1.807) is 12.1 Å². The van der Waals surface area contributed by atoms with Gasteiger partial charge in [0, 0.05) is 18.0 Å². The zero-order valence-corrected chi connectivity index (χ0v) is 10.6. The van der Waals surface area contributed by atoms with Crippen LogP contribution in [0.3, 0.4) is 0 Å². The average Bonchev–Trinajstić information content (AvgIpc) is 3.22. The maximum absolute atomic E-state index is 13.4. The van der Waals surface area contributed by atoms with Gasteiger partial charge in [0.25, 0.3) is 0 Å². The van der Waals surface area contributed by atoms with E-state index < -0.39 is 0 Å². The number of ether oxygens (including phenoxy) is 1. The highest BCUT2D eigenvalue weighted by atomic mass is 19.1. The molecule has 0 aromatic heterocycles. The highest BCUT2D eigenvalue weighted by molar-refractivity contribution is 5.37. The van der Waals surface area contributed by atoms with Gasteiger partial charge >= 0.3 is 0 Å². The summed E-state index contributed by atoms with van der Waals surface area (Å²) in [5.74, 6) is 1.85. The second-order valence-electron chi connectivity index (χ2n) is 5.48. The highest BCUT2D eigenvalue weighted by Gasteiger charge is 2.24. The second kappa shape index (κ2) is 5.27. The highest BCUT2D eigenvalue weighted by Crippen LogP contribution is 2.34. The summed E-state index contributed by atoms with van der Waals surface area (Å²) >= 11 is 0. The quantitative estimate of drug-likeness (QED) is 0.885. The average molecular weight is 249 g/mol. The fraction of sp³-hybridized carbons (Fsp3) is 0.600. The number of piperidine rings is 1. The maximum Gasteiger partial charge on any atom is 0.123 e. The third kappa shape index (κ3) is 2.83. The van der Waals surface area contributed by atoms with E-state index >= 15 is 0 Å². The van der Waals surface area contributed by atoms with Gasteiger partial charge in [0.2, 0.25) is 0 Å². The van der Waals surface area contributed by atoms with Crippen LogP contribution < -0.4 is 10.1 Å². The molecule has 3 heteroatoms. The molecule has 3 rings (SSSR count). The predicted octanol–water partition coefficient (Wildman–Crippen LogP) is 3.08. The topological polar surface area (TPSA) is 21.3 Å². The molecule has 0 bridgehead atoms. The molecule has 1 unspecified atom stereocenters. The molecule has 2 fully saturated rings. The number of hydrogen-bond donors (Lipinski definition) is 1. The molecule has 1 aliphatic carbocycles. The Morgan fingerprint density at radius 3 is 2.89 bits per heavy atom. The first-order chi connectivity index (χ1) is 8.83. The molecule has 0 amide bonds. The van der Waals surface area contributed by atoms with Gasteiger partial charge in [-0.15, -0.1) is 0 Å². The van der Waals surface area contributed by atoms with Crippen molar-refractivity contribution in [3.63, 3.8) is 0 Å². The van der Waals surface area contributed by atoms with Crippen molar-refractivity contribution >= 4 is 0 Å². The molecule has 1 N–H and O–H groups in total. The Morgan fingerprint density at radius 2 is 2.17 bits per heavy atom. The molecule has 1 atom stereocenters. The monoisotopic (exact) mass is 249 g/mol. The molecule has 0 radical (unpaired) electrons. The third-order valence-corrected chi connectivity index (χ3v) is 3.88. The third-order valence-electron chi connectivity index (χ3n) is 3.88. The van der Waals surface area contributed by atoms with Crippen LogP contribution in [0.5, 0.6) is 5.75 Å². The van der Waals surface area contributed by atoms with Gasteiger partial charge in [0.1, 0.15) is 11.6 Å². The van der Waals surface area contributed by atoms with E-state index in [0.717, 1.165) is 49.8 Å². The smallest absolute Gasteiger partial charge is 0.123 e. The van der Waals surface area contributed by atoms with Crippen molar-refractivity contribution in [3.8, 4) is 5.75 Å². The largest absolute Gasteiger partial charge is 0.493 e. The van der Waals surface area contributed by atoms with Gasteiger partial charge in [-0.05, 0) is 56.3 Å². The Balaban J connectivity index is 1.77. The van der Waals surface area contributed by atoms with E-state index in [1.165, 1.54) is 18.9 Å². The molecule has 2 aliphatic rings. The molecule has 1 aromatic carbocycles. The Bertz CT molecular complexity index is 411. The van der Waals surface area contributed by atoms with Crippen molar-refractivity contribution in [2.45, 2.75) is 31.6 Å². The van der Waals surface area contributed by atoms with Crippen molar-refractivity contribution in [1.29, 1.82) is 0 Å². The summed E-state index contributed by atoms with van der Waals surface area (Å²) in [6, 6.07) is 4.95. The van der Waals surface area contributed by atoms with Crippen LogP contribution in [-0.4, -0.2) is 19.7 Å². The van der Waals surface area contributed by atoms with Crippen molar-refractivity contribution in [3.05, 3.63) is 29.6 Å². The minimum Gasteiger partial charge on any atom is -0.493 e. The zero-order valence-electron chi connectivity index (χ0n) is 10.6. The SMILES string of the molecule is Fc1ccc(OCC2CC2)c(C2CCCNC2)c1. The summed E-state index contributed by atoms with van der Waals surface area (Å²) in [7, 11) is 0. The molecule has 0 spiro atoms. The summed E-state index contributed by atoms with van der Waals surface area (Å²) < 4.78 is 19.3. The standard InChI is InChI=1S/C15H20FNO/c16-13-5-6-15(18-10-11-3-4-11)14(8-13)12-2-1-7-17-9-12/h5-6,8,11-12,17H,1-4,7,9-10H2. The Kier molecular flexibility index (Phi) is 3.50. The summed E-state index contributed by atoms with van der Waals surface area (Å²) in [4.78, 5) is 0. The molecule has 98 valence electrons. The number of hydrogen-bond acceptors (Lipinski definition) is 2. The van der Waals surface area contributed by atoms with Crippen LogP contribution in [0.1, 0.15) is 37.2 Å². The van der Waals surface area contributed by atoms with Crippen LogP contribution in [0.4, 0.5) is 4.39 Å². The molecule has 1 heterocycles. The van der Waals surface area contributed by atoms with Crippen LogP contribution in [0.15, 0.2) is 18.2 Å². The van der Waals surface area contributed by atoms with Crippen LogP contribution >= 0.6 is 0 Å². The second-order valence-corrected chi connectivity index (χ2v) is 5.48. The molecule has 1 saturated heterocycles. The van der Waals surface area contributed by atoms with Gasteiger partial charge in [-0.2, -0.15) is 0 Å². The van der Waals surface area contributed by atoms with Gasteiger partial charge in [-0.3, -0.25) is 0 Å². The summed E-state index contributed by atoms with van der Waals surface area (Å²) in [5.41, 5.74) is 1.04. The Morgan fingerprint density at radius 1 is 1.28 bits per heavy atom. The fourth-order valence-electron chi connectivity index (χ4n) is 2.58. The molecule has 1 aromatic rings. The van der Waals surface area contributed by atoms with Gasteiger partial charge < -0.3 is 10.1 Å². The first-order valence-electron chi connectivity index (χ1n) is 6.96. The van der Waals surface area contributed by atoms with E-state index in [1.807, 2.05) is 0 Å². The predicted molar refractivity (Wildman–Crippen MR) is 69.5 cm³/mol. The zero-order chi connectivity index (χ0) is 12.4. The lowest BCUT2D eigenvalue weighted by Crippen LogP contribution is -2.28. The Labute approximate surface area is 108 Å². The molecule has 1 saturated carbocycles. The minimum atomic E-state index is -0.158. The number of halogens is 1. The molecule has 18 heavy (non-hydrogen) atoms. The molecule has 1 aliphatic heterocycles. The van der Waals surface area contributed by atoms with Crippen molar-refractivity contribution in [1.82, 2.24) is 5.32 Å². The van der Waals surface area contributed by atoms with E-state index in [-0.39, 0.29) is 5.82 Å². The van der Waals surface area contributed by atoms with Crippen LogP contribution in [0, 0.1) is 11.7 Å². The maximum atomic E-state index is 13.4. The number of nitrogens with one attached hydrogen (secondary N) is 1. The lowest BCUT2D eigenvalue weighted by Gasteiger charge is -2.25. The summed E-state index contributed by atoms with van der Waals surface area (Å²) in [5, 5.41) is 3.38. The van der Waals surface area contributed by atoms with Crippen molar-refractivity contribution < 1.29 is 9.13 Å². The van der Waals surface area contributed by atoms with Crippen molar-refractivity contribution in [2.75, 3.05) is 19.7 Å². The summed E-state index contributed by atoms with van der Waals surface area (Å²) in [6.45, 7) is 2.80. The summed E-state index contributed by atoms with van der Waals surface area (Å²) in [6.07, 6.45) is 4.84. The lowest BCUT2D eigenvalue weighted by atomic mass is 9.91. The van der Waals surface area contributed by atoms with E-state index in [2.05, 4.69) is 5.32 Å². The van der Waals surface area contributed by atoms with Gasteiger partial charge in [-0.1, -0.05) is 0 Å². The number of benzene rings is 1. The minimum absolute atomic E-state index is 0.158. The molecule has 2 nitrogen and oxygen atoms in total. The van der Waals surface area contributed by atoms with Gasteiger partial charge in [0.15, 0.2) is 0 Å². The van der Waals surface area contributed by atoms with Crippen LogP contribution in [0.2, 0.25) is 0 Å². The lowest BCUT2D eigenvalue weighted by molar-refractivity contribution is 0.292. The van der Waals surface area contributed by atoms with Crippen LogP contribution in [0.25, 0.3) is 0 Å². The normalized spacial score (nSPS) is 23.9. The van der Waals surface area contributed by atoms with Crippen LogP contribution in [-0.2, 0) is 0 Å². The van der Waals surface area contributed by atoms with E-state index in [0.29, 0.717) is 5.92 Å². The van der Waals surface area contributed by atoms with E-state index in [4.69, 9.17) is 4.74 Å². The number of rotatable bonds is 4. The van der Waals surface area contributed by atoms with Gasteiger partial charge in [0.05, 0.1) is 6.61 Å². The molecular weight excluding hydrogens is 229 g/mol. The Hall–Kier alpha value is -1.09. The fourth-order valence-corrected chi connectivity index (χ4v) is 2.58. The van der Waals surface area contributed by atoms with E-state index in [9.17, 15) is 4.39 Å². The first kappa shape index (κ1) is 12.0.